The lowest BCUT2D eigenvalue weighted by molar-refractivity contribution is 0.538. The van der Waals surface area contributed by atoms with Gasteiger partial charge in [-0.3, -0.25) is 0 Å². The summed E-state index contributed by atoms with van der Waals surface area (Å²) in [6.07, 6.45) is 2.20. The summed E-state index contributed by atoms with van der Waals surface area (Å²) in [6.45, 7) is 4.47. The molecule has 0 fully saturated rings. The topological polar surface area (TPSA) is 0 Å². The van der Waals surface area contributed by atoms with Gasteiger partial charge in [-0.2, -0.15) is 0 Å². The minimum absolute atomic E-state index is 0.521. The van der Waals surface area contributed by atoms with Gasteiger partial charge >= 0.3 is 0 Å². The Bertz CT molecular complexity index is 285. The van der Waals surface area contributed by atoms with E-state index in [1.54, 1.807) is 0 Å². The Hall–Kier alpha value is -0.0100. The molecule has 1 rings (SSSR count). The molecule has 0 saturated heterocycles. The minimum atomic E-state index is 0.521. The maximum Gasteiger partial charge on any atom is 0.0438 e. The van der Waals surface area contributed by atoms with Crippen molar-refractivity contribution in [2.24, 2.45) is 5.92 Å². The molecule has 0 aliphatic rings. The second kappa shape index (κ2) is 5.77. The Morgan fingerprint density at radius 1 is 1.36 bits per heavy atom. The van der Waals surface area contributed by atoms with Gasteiger partial charge in [-0.1, -0.05) is 66.0 Å². The molecule has 0 N–H and O–H groups in total. The van der Waals surface area contributed by atoms with Crippen molar-refractivity contribution in [3.05, 3.63) is 34.9 Å². The Kier molecular flexibility index (Phi) is 4.97. The summed E-state index contributed by atoms with van der Waals surface area (Å²) in [4.78, 5) is 0.521. The van der Waals surface area contributed by atoms with Crippen LogP contribution < -0.4 is 0 Å². The van der Waals surface area contributed by atoms with E-state index < -0.39 is 0 Å². The lowest BCUT2D eigenvalue weighted by Gasteiger charge is -2.16. The highest BCUT2D eigenvalue weighted by Crippen LogP contribution is 2.24. The summed E-state index contributed by atoms with van der Waals surface area (Å²) < 4.78 is 0. The predicted octanol–water partition coefficient (Wildman–Crippen LogP) is 4.69. The Balaban J connectivity index is 2.64. The fraction of sp³-hybridized carbons (Fsp3) is 0.500. The summed E-state index contributed by atoms with van der Waals surface area (Å²) in [6, 6.07) is 8.06. The van der Waals surface area contributed by atoms with Crippen molar-refractivity contribution in [1.82, 2.24) is 0 Å². The monoisotopic (exact) mass is 274 g/mol. The first-order valence-corrected chi connectivity index (χ1v) is 6.32. The molecular formula is C12H16BrCl. The molecule has 1 aromatic rings. The van der Waals surface area contributed by atoms with E-state index in [-0.39, 0.29) is 0 Å². The smallest absolute Gasteiger partial charge is 0.0438 e. The van der Waals surface area contributed by atoms with Gasteiger partial charge in [0.25, 0.3) is 0 Å². The number of rotatable bonds is 4. The summed E-state index contributed by atoms with van der Waals surface area (Å²) in [5.74, 6) is 0.686. The van der Waals surface area contributed by atoms with E-state index in [4.69, 9.17) is 11.6 Å². The van der Waals surface area contributed by atoms with E-state index in [1.807, 2.05) is 18.2 Å². The summed E-state index contributed by atoms with van der Waals surface area (Å²) in [5.41, 5.74) is 1.23. The van der Waals surface area contributed by atoms with Gasteiger partial charge in [0.2, 0.25) is 0 Å². The van der Waals surface area contributed by atoms with Crippen molar-refractivity contribution in [2.45, 2.75) is 31.5 Å². The van der Waals surface area contributed by atoms with Crippen LogP contribution in [0.1, 0.15) is 25.8 Å². The van der Waals surface area contributed by atoms with E-state index >= 15 is 0 Å². The largest absolute Gasteiger partial charge is 0.0884 e. The van der Waals surface area contributed by atoms with Crippen LogP contribution in [0.4, 0.5) is 0 Å². The van der Waals surface area contributed by atoms with Gasteiger partial charge in [-0.05, 0) is 24.0 Å². The second-order valence-electron chi connectivity index (χ2n) is 3.70. The standard InChI is InChI=1S/C12H16BrCl/c1-3-9(2)11(13)8-10-6-4-5-7-12(10)14/h4-7,9,11H,3,8H2,1-2H3. The van der Waals surface area contributed by atoms with Crippen LogP contribution in [0.2, 0.25) is 5.02 Å². The van der Waals surface area contributed by atoms with Gasteiger partial charge in [0.05, 0.1) is 0 Å². The molecular weight excluding hydrogens is 259 g/mol. The fourth-order valence-corrected chi connectivity index (χ4v) is 2.27. The van der Waals surface area contributed by atoms with Gasteiger partial charge in [-0.25, -0.2) is 0 Å². The maximum atomic E-state index is 6.10. The maximum absolute atomic E-state index is 6.10. The molecule has 0 aliphatic heterocycles. The van der Waals surface area contributed by atoms with Crippen molar-refractivity contribution < 1.29 is 0 Å². The molecule has 0 radical (unpaired) electrons. The zero-order chi connectivity index (χ0) is 10.6. The van der Waals surface area contributed by atoms with E-state index in [2.05, 4.69) is 35.8 Å². The molecule has 0 amide bonds. The van der Waals surface area contributed by atoms with Gasteiger partial charge < -0.3 is 0 Å². The number of alkyl halides is 1. The predicted molar refractivity (Wildman–Crippen MR) is 67.3 cm³/mol. The van der Waals surface area contributed by atoms with Crippen molar-refractivity contribution in [3.63, 3.8) is 0 Å². The Morgan fingerprint density at radius 2 is 2.00 bits per heavy atom. The molecule has 0 aliphatic carbocycles. The third-order valence-corrected chi connectivity index (χ3v) is 4.23. The van der Waals surface area contributed by atoms with Crippen LogP contribution in [0, 0.1) is 5.92 Å². The van der Waals surface area contributed by atoms with Gasteiger partial charge in [0.15, 0.2) is 0 Å². The molecule has 2 unspecified atom stereocenters. The van der Waals surface area contributed by atoms with Crippen molar-refractivity contribution in [2.75, 3.05) is 0 Å². The molecule has 0 saturated carbocycles. The minimum Gasteiger partial charge on any atom is -0.0884 e. The first-order chi connectivity index (χ1) is 6.65. The first kappa shape index (κ1) is 12.1. The molecule has 0 aromatic heterocycles. The van der Waals surface area contributed by atoms with E-state index in [0.717, 1.165) is 11.4 Å². The molecule has 78 valence electrons. The molecule has 0 nitrogen and oxygen atoms in total. The van der Waals surface area contributed by atoms with Crippen LogP contribution in [-0.4, -0.2) is 4.83 Å². The number of hydrogen-bond donors (Lipinski definition) is 0. The van der Waals surface area contributed by atoms with Crippen LogP contribution in [0.25, 0.3) is 0 Å². The average Bonchev–Trinajstić information content (AvgIpc) is 2.20. The first-order valence-electron chi connectivity index (χ1n) is 5.02. The zero-order valence-corrected chi connectivity index (χ0v) is 11.0. The molecule has 0 bridgehead atoms. The molecule has 2 atom stereocenters. The summed E-state index contributed by atoms with van der Waals surface area (Å²) in [7, 11) is 0. The highest BCUT2D eigenvalue weighted by molar-refractivity contribution is 9.09. The summed E-state index contributed by atoms with van der Waals surface area (Å²) >= 11 is 9.81. The van der Waals surface area contributed by atoms with Crippen LogP contribution >= 0.6 is 27.5 Å². The van der Waals surface area contributed by atoms with Crippen molar-refractivity contribution in [1.29, 1.82) is 0 Å². The molecule has 14 heavy (non-hydrogen) atoms. The number of halogens is 2. The van der Waals surface area contributed by atoms with Gasteiger partial charge in [-0.15, -0.1) is 0 Å². The molecule has 0 spiro atoms. The van der Waals surface area contributed by atoms with Gasteiger partial charge in [0, 0.05) is 9.85 Å². The van der Waals surface area contributed by atoms with E-state index in [9.17, 15) is 0 Å². The lowest BCUT2D eigenvalue weighted by Crippen LogP contribution is -2.13. The van der Waals surface area contributed by atoms with Gasteiger partial charge in [0.1, 0.15) is 0 Å². The lowest BCUT2D eigenvalue weighted by atomic mass is 9.99. The Morgan fingerprint density at radius 3 is 2.57 bits per heavy atom. The Labute approximate surface area is 99.8 Å². The normalized spacial score (nSPS) is 15.1. The van der Waals surface area contributed by atoms with Crippen molar-refractivity contribution in [3.8, 4) is 0 Å². The van der Waals surface area contributed by atoms with Crippen LogP contribution in [0.15, 0.2) is 24.3 Å². The van der Waals surface area contributed by atoms with Crippen LogP contribution in [0.3, 0.4) is 0 Å². The second-order valence-corrected chi connectivity index (χ2v) is 5.28. The summed E-state index contributed by atoms with van der Waals surface area (Å²) in [5, 5.41) is 0.875. The highest BCUT2D eigenvalue weighted by Gasteiger charge is 2.13. The molecule has 0 heterocycles. The fourth-order valence-electron chi connectivity index (χ4n) is 1.33. The van der Waals surface area contributed by atoms with Crippen molar-refractivity contribution >= 4 is 27.5 Å². The van der Waals surface area contributed by atoms with E-state index in [1.165, 1.54) is 12.0 Å². The molecule has 1 aromatic carbocycles. The van der Waals surface area contributed by atoms with Crippen LogP contribution in [0.5, 0.6) is 0 Å². The number of hydrogen-bond acceptors (Lipinski definition) is 0. The SMILES string of the molecule is CCC(C)C(Br)Cc1ccccc1Cl. The number of benzene rings is 1. The zero-order valence-electron chi connectivity index (χ0n) is 8.63. The quantitative estimate of drug-likeness (QED) is 0.699. The average molecular weight is 276 g/mol. The third-order valence-electron chi connectivity index (χ3n) is 2.63. The molecule has 2 heteroatoms. The highest BCUT2D eigenvalue weighted by atomic mass is 79.9. The van der Waals surface area contributed by atoms with Crippen LogP contribution in [-0.2, 0) is 6.42 Å². The van der Waals surface area contributed by atoms with E-state index in [0.29, 0.717) is 10.7 Å². The third kappa shape index (κ3) is 3.29.